The van der Waals surface area contributed by atoms with E-state index in [-0.39, 0.29) is 11.4 Å². The average molecular weight is 371 g/mol. The lowest BCUT2D eigenvalue weighted by Crippen LogP contribution is -2.56. The molecule has 2 saturated heterocycles. The number of fused-ring (bicyclic) bond motifs is 3. The number of hydrogen-bond acceptors (Lipinski definition) is 5. The summed E-state index contributed by atoms with van der Waals surface area (Å²) in [6.07, 6.45) is 4.15. The number of nitrogens with zero attached hydrogens (tertiary/aromatic N) is 4. The van der Waals surface area contributed by atoms with Crippen LogP contribution in [0.5, 0.6) is 0 Å². The van der Waals surface area contributed by atoms with E-state index in [1.807, 2.05) is 33.0 Å². The standard InChI is InChI=1S/C20H30N6O/c1-13-7-8-21-19-18(13)22-16(23-19)11-25-9-14-5-6-15(10-25)26(14)12-17(27)24-20(2,3)4/h7-8,14-15H,5-6,9-12H2,1-4H3,(H,24,27)(H,21,22,23). The van der Waals surface area contributed by atoms with Crippen LogP contribution in [0.4, 0.5) is 0 Å². The van der Waals surface area contributed by atoms with Gasteiger partial charge in [-0.3, -0.25) is 14.6 Å². The minimum atomic E-state index is -0.175. The average Bonchev–Trinajstić information content (AvgIpc) is 3.05. The van der Waals surface area contributed by atoms with Crippen molar-refractivity contribution in [2.24, 2.45) is 0 Å². The van der Waals surface area contributed by atoms with E-state index in [9.17, 15) is 4.79 Å². The number of aromatic nitrogens is 3. The zero-order valence-corrected chi connectivity index (χ0v) is 16.7. The zero-order valence-electron chi connectivity index (χ0n) is 16.7. The lowest BCUT2D eigenvalue weighted by atomic mass is 10.1. The topological polar surface area (TPSA) is 77.2 Å². The van der Waals surface area contributed by atoms with Crippen LogP contribution in [-0.2, 0) is 11.3 Å². The second-order valence-electron chi connectivity index (χ2n) is 9.06. The first-order valence-electron chi connectivity index (χ1n) is 9.88. The Bertz CT molecular complexity index is 825. The van der Waals surface area contributed by atoms with E-state index in [0.29, 0.717) is 18.6 Å². The van der Waals surface area contributed by atoms with E-state index >= 15 is 0 Å². The predicted octanol–water partition coefficient (Wildman–Crippen LogP) is 1.83. The highest BCUT2D eigenvalue weighted by atomic mass is 16.2. The fraction of sp³-hybridized carbons (Fsp3) is 0.650. The number of rotatable bonds is 4. The molecular weight excluding hydrogens is 340 g/mol. The molecule has 2 aromatic heterocycles. The van der Waals surface area contributed by atoms with Crippen molar-refractivity contribution >= 4 is 17.1 Å². The molecule has 0 saturated carbocycles. The van der Waals surface area contributed by atoms with Crippen molar-refractivity contribution in [3.8, 4) is 0 Å². The van der Waals surface area contributed by atoms with Gasteiger partial charge in [0.15, 0.2) is 5.65 Å². The number of hydrogen-bond donors (Lipinski definition) is 2. The molecule has 146 valence electrons. The Morgan fingerprint density at radius 3 is 2.63 bits per heavy atom. The van der Waals surface area contributed by atoms with Crippen LogP contribution in [-0.4, -0.2) is 67.9 Å². The second-order valence-corrected chi connectivity index (χ2v) is 9.06. The van der Waals surface area contributed by atoms with Crippen molar-refractivity contribution in [3.63, 3.8) is 0 Å². The van der Waals surface area contributed by atoms with Gasteiger partial charge in [0, 0.05) is 36.9 Å². The molecule has 2 fully saturated rings. The van der Waals surface area contributed by atoms with Crippen molar-refractivity contribution in [3.05, 3.63) is 23.7 Å². The SMILES string of the molecule is Cc1ccnc2nc(CN3CC4CCC(C3)N4CC(=O)NC(C)(C)C)[nH]c12. The van der Waals surface area contributed by atoms with Crippen molar-refractivity contribution in [2.75, 3.05) is 19.6 Å². The summed E-state index contributed by atoms with van der Waals surface area (Å²) in [4.78, 5) is 29.7. The molecule has 1 amide bonds. The lowest BCUT2D eigenvalue weighted by Gasteiger charge is -2.40. The maximum Gasteiger partial charge on any atom is 0.234 e. The third-order valence-corrected chi connectivity index (χ3v) is 5.57. The van der Waals surface area contributed by atoms with E-state index < -0.39 is 0 Å². The summed E-state index contributed by atoms with van der Waals surface area (Å²) in [7, 11) is 0. The molecule has 27 heavy (non-hydrogen) atoms. The van der Waals surface area contributed by atoms with Crippen LogP contribution in [0.15, 0.2) is 12.3 Å². The number of imidazole rings is 1. The number of nitrogens with one attached hydrogen (secondary N) is 2. The summed E-state index contributed by atoms with van der Waals surface area (Å²) in [6, 6.07) is 2.92. The van der Waals surface area contributed by atoms with Crippen molar-refractivity contribution in [1.29, 1.82) is 0 Å². The van der Waals surface area contributed by atoms with Gasteiger partial charge in [-0.2, -0.15) is 0 Å². The van der Waals surface area contributed by atoms with Gasteiger partial charge in [0.05, 0.1) is 18.6 Å². The second kappa shape index (κ2) is 6.87. The van der Waals surface area contributed by atoms with Gasteiger partial charge in [0.25, 0.3) is 0 Å². The quantitative estimate of drug-likeness (QED) is 0.859. The first-order valence-corrected chi connectivity index (χ1v) is 9.88. The normalized spacial score (nSPS) is 23.9. The third kappa shape index (κ3) is 3.99. The third-order valence-electron chi connectivity index (χ3n) is 5.57. The highest BCUT2D eigenvalue weighted by molar-refractivity contribution is 5.79. The van der Waals surface area contributed by atoms with Crippen molar-refractivity contribution in [2.45, 2.75) is 64.7 Å². The van der Waals surface area contributed by atoms with E-state index in [4.69, 9.17) is 0 Å². The fourth-order valence-corrected chi connectivity index (χ4v) is 4.46. The Morgan fingerprint density at radius 2 is 2.00 bits per heavy atom. The molecule has 4 rings (SSSR count). The molecule has 0 aromatic carbocycles. The predicted molar refractivity (Wildman–Crippen MR) is 105 cm³/mol. The van der Waals surface area contributed by atoms with Gasteiger partial charge in [-0.05, 0) is 52.2 Å². The highest BCUT2D eigenvalue weighted by Gasteiger charge is 2.40. The molecule has 0 aliphatic carbocycles. The zero-order chi connectivity index (χ0) is 19.2. The minimum absolute atomic E-state index is 0.131. The van der Waals surface area contributed by atoms with Crippen LogP contribution in [0, 0.1) is 6.92 Å². The Labute approximate surface area is 160 Å². The Kier molecular flexibility index (Phi) is 4.68. The van der Waals surface area contributed by atoms with Gasteiger partial charge < -0.3 is 10.3 Å². The Morgan fingerprint density at radius 1 is 1.30 bits per heavy atom. The first-order chi connectivity index (χ1) is 12.8. The molecule has 2 atom stereocenters. The molecule has 7 nitrogen and oxygen atoms in total. The first kappa shape index (κ1) is 18.4. The number of pyridine rings is 1. The van der Waals surface area contributed by atoms with Crippen LogP contribution in [0.1, 0.15) is 45.0 Å². The Hall–Kier alpha value is -1.99. The molecule has 4 heterocycles. The monoisotopic (exact) mass is 370 g/mol. The number of aryl methyl sites for hydroxylation is 1. The lowest BCUT2D eigenvalue weighted by molar-refractivity contribution is -0.125. The number of aromatic amines is 1. The largest absolute Gasteiger partial charge is 0.350 e. The van der Waals surface area contributed by atoms with Crippen molar-refractivity contribution in [1.82, 2.24) is 30.1 Å². The molecule has 2 N–H and O–H groups in total. The van der Waals surface area contributed by atoms with Gasteiger partial charge in [-0.1, -0.05) is 0 Å². The van der Waals surface area contributed by atoms with Crippen LogP contribution >= 0.6 is 0 Å². The van der Waals surface area contributed by atoms with Gasteiger partial charge in [0.2, 0.25) is 5.91 Å². The van der Waals surface area contributed by atoms with Crippen LogP contribution < -0.4 is 5.32 Å². The van der Waals surface area contributed by atoms with Crippen LogP contribution in [0.25, 0.3) is 11.2 Å². The summed E-state index contributed by atoms with van der Waals surface area (Å²) in [6.45, 7) is 11.5. The summed E-state index contributed by atoms with van der Waals surface area (Å²) >= 11 is 0. The molecule has 7 heteroatoms. The summed E-state index contributed by atoms with van der Waals surface area (Å²) in [5.74, 6) is 1.11. The fourth-order valence-electron chi connectivity index (χ4n) is 4.46. The Balaban J connectivity index is 1.39. The smallest absolute Gasteiger partial charge is 0.234 e. The van der Waals surface area contributed by atoms with E-state index in [2.05, 4.69) is 37.0 Å². The number of likely N-dealkylation sites (tertiary alicyclic amines) is 1. The summed E-state index contributed by atoms with van der Waals surface area (Å²) < 4.78 is 0. The molecule has 0 radical (unpaired) electrons. The summed E-state index contributed by atoms with van der Waals surface area (Å²) in [5.41, 5.74) is 2.83. The highest BCUT2D eigenvalue weighted by Crippen LogP contribution is 2.30. The van der Waals surface area contributed by atoms with Gasteiger partial charge in [0.1, 0.15) is 5.82 Å². The molecule has 2 aliphatic rings. The molecule has 2 aliphatic heterocycles. The summed E-state index contributed by atoms with van der Waals surface area (Å²) in [5, 5.41) is 3.09. The molecular formula is C20H30N6O. The number of carbonyl (C=O) groups is 1. The molecule has 2 aromatic rings. The molecule has 2 unspecified atom stereocenters. The van der Waals surface area contributed by atoms with Gasteiger partial charge >= 0.3 is 0 Å². The maximum absolute atomic E-state index is 12.4. The van der Waals surface area contributed by atoms with E-state index in [0.717, 1.165) is 36.6 Å². The van der Waals surface area contributed by atoms with Gasteiger partial charge in [-0.15, -0.1) is 0 Å². The van der Waals surface area contributed by atoms with Crippen molar-refractivity contribution < 1.29 is 4.79 Å². The van der Waals surface area contributed by atoms with Crippen LogP contribution in [0.3, 0.4) is 0 Å². The van der Waals surface area contributed by atoms with Gasteiger partial charge in [-0.25, -0.2) is 9.97 Å². The van der Waals surface area contributed by atoms with E-state index in [1.165, 1.54) is 18.4 Å². The molecule has 2 bridgehead atoms. The number of amides is 1. The number of carbonyl (C=O) groups excluding carboxylic acids is 1. The van der Waals surface area contributed by atoms with E-state index in [1.54, 1.807) is 0 Å². The molecule has 0 spiro atoms. The number of piperazine rings is 1. The number of H-pyrrole nitrogens is 1. The van der Waals surface area contributed by atoms with Crippen LogP contribution in [0.2, 0.25) is 0 Å². The minimum Gasteiger partial charge on any atom is -0.350 e. The maximum atomic E-state index is 12.4.